The Labute approximate surface area is 95.6 Å². The Bertz CT molecular complexity index is 319. The molecule has 1 fully saturated rings. The Morgan fingerprint density at radius 3 is 2.53 bits per heavy atom. The average molecular weight is 226 g/mol. The molecule has 0 heterocycles. The van der Waals surface area contributed by atoms with Crippen LogP contribution in [0.3, 0.4) is 0 Å². The normalized spacial score (nSPS) is 17.5. The molecule has 0 radical (unpaired) electrons. The van der Waals surface area contributed by atoms with Gasteiger partial charge in [0, 0.05) is 29.8 Å². The first-order valence-electron chi connectivity index (χ1n) is 5.23. The third-order valence-corrected chi connectivity index (χ3v) is 3.17. The van der Waals surface area contributed by atoms with E-state index in [-0.39, 0.29) is 0 Å². The molecule has 15 heavy (non-hydrogen) atoms. The molecule has 1 aliphatic rings. The van der Waals surface area contributed by atoms with Gasteiger partial charge in [-0.2, -0.15) is 0 Å². The molecule has 1 saturated carbocycles. The highest BCUT2D eigenvalue weighted by atomic mass is 35.5. The summed E-state index contributed by atoms with van der Waals surface area (Å²) in [6.45, 7) is 1.84. The maximum absolute atomic E-state index is 5.82. The largest absolute Gasteiger partial charge is 0.384 e. The summed E-state index contributed by atoms with van der Waals surface area (Å²) < 4.78 is 5.22. The van der Waals surface area contributed by atoms with Crippen molar-refractivity contribution in [2.45, 2.75) is 12.8 Å². The summed E-state index contributed by atoms with van der Waals surface area (Å²) in [5.74, 6) is 0. The number of hydrogen-bond acceptors (Lipinski definition) is 2. The Morgan fingerprint density at radius 2 is 2.00 bits per heavy atom. The number of ether oxygens (including phenoxy) is 1. The lowest BCUT2D eigenvalue weighted by Crippen LogP contribution is -2.20. The number of anilines is 1. The van der Waals surface area contributed by atoms with E-state index < -0.39 is 0 Å². The van der Waals surface area contributed by atoms with Crippen LogP contribution < -0.4 is 5.32 Å². The van der Waals surface area contributed by atoms with Crippen LogP contribution in [-0.4, -0.2) is 20.3 Å². The first kappa shape index (κ1) is 10.8. The van der Waals surface area contributed by atoms with Crippen molar-refractivity contribution < 1.29 is 4.74 Å². The van der Waals surface area contributed by atoms with Crippen LogP contribution in [0, 0.1) is 5.41 Å². The molecule has 1 N–H and O–H groups in total. The lowest BCUT2D eigenvalue weighted by molar-refractivity contribution is 0.147. The number of methoxy groups -OCH3 is 1. The van der Waals surface area contributed by atoms with Crippen molar-refractivity contribution >= 4 is 17.3 Å². The molecular weight excluding hydrogens is 210 g/mol. The summed E-state index contributed by atoms with van der Waals surface area (Å²) in [5.41, 5.74) is 1.51. The summed E-state index contributed by atoms with van der Waals surface area (Å²) in [7, 11) is 1.77. The molecule has 0 amide bonds. The zero-order chi connectivity index (χ0) is 10.7. The summed E-state index contributed by atoms with van der Waals surface area (Å²) in [5, 5.41) is 4.20. The predicted molar refractivity (Wildman–Crippen MR) is 63.5 cm³/mol. The Morgan fingerprint density at radius 1 is 1.33 bits per heavy atom. The predicted octanol–water partition coefficient (Wildman–Crippen LogP) is 3.18. The van der Waals surface area contributed by atoms with E-state index in [9.17, 15) is 0 Å². The van der Waals surface area contributed by atoms with Crippen LogP contribution in [0.2, 0.25) is 5.02 Å². The van der Waals surface area contributed by atoms with E-state index in [1.54, 1.807) is 7.11 Å². The Kier molecular flexibility index (Phi) is 3.17. The number of benzene rings is 1. The molecule has 1 aliphatic carbocycles. The molecule has 1 aromatic carbocycles. The Hall–Kier alpha value is -0.730. The lowest BCUT2D eigenvalue weighted by atomic mass is 10.1. The number of hydrogen-bond donors (Lipinski definition) is 1. The van der Waals surface area contributed by atoms with E-state index in [1.807, 2.05) is 24.3 Å². The fraction of sp³-hybridized carbons (Fsp3) is 0.500. The van der Waals surface area contributed by atoms with Gasteiger partial charge in [0.15, 0.2) is 0 Å². The molecule has 1 aromatic rings. The molecule has 2 rings (SSSR count). The molecule has 82 valence electrons. The van der Waals surface area contributed by atoms with E-state index in [0.717, 1.165) is 23.9 Å². The van der Waals surface area contributed by atoms with Crippen molar-refractivity contribution in [1.29, 1.82) is 0 Å². The molecule has 0 saturated heterocycles. The fourth-order valence-corrected chi connectivity index (χ4v) is 1.84. The van der Waals surface area contributed by atoms with E-state index in [4.69, 9.17) is 16.3 Å². The number of nitrogens with one attached hydrogen (secondary N) is 1. The van der Waals surface area contributed by atoms with Gasteiger partial charge in [-0.15, -0.1) is 0 Å². The van der Waals surface area contributed by atoms with Gasteiger partial charge < -0.3 is 10.1 Å². The van der Waals surface area contributed by atoms with Gasteiger partial charge in [0.05, 0.1) is 6.61 Å². The summed E-state index contributed by atoms with van der Waals surface area (Å²) >= 11 is 5.82. The van der Waals surface area contributed by atoms with Gasteiger partial charge in [-0.05, 0) is 37.1 Å². The van der Waals surface area contributed by atoms with Crippen LogP contribution >= 0.6 is 11.6 Å². The van der Waals surface area contributed by atoms with Crippen molar-refractivity contribution in [2.24, 2.45) is 5.41 Å². The molecule has 0 spiro atoms. The summed E-state index contributed by atoms with van der Waals surface area (Å²) in [4.78, 5) is 0. The molecular formula is C12H16ClNO. The minimum Gasteiger partial charge on any atom is -0.384 e. The van der Waals surface area contributed by atoms with Crippen LogP contribution in [0.1, 0.15) is 12.8 Å². The SMILES string of the molecule is COCC1(CNc2ccc(Cl)cc2)CC1. The van der Waals surface area contributed by atoms with Crippen molar-refractivity contribution in [3.63, 3.8) is 0 Å². The number of halogens is 1. The highest BCUT2D eigenvalue weighted by molar-refractivity contribution is 6.30. The van der Waals surface area contributed by atoms with E-state index in [2.05, 4.69) is 5.32 Å². The molecule has 3 heteroatoms. The first-order chi connectivity index (χ1) is 7.24. The minimum atomic E-state index is 0.383. The van der Waals surface area contributed by atoms with Crippen LogP contribution in [0.4, 0.5) is 5.69 Å². The maximum atomic E-state index is 5.82. The molecule has 0 aromatic heterocycles. The second-order valence-corrected chi connectivity index (χ2v) is 4.73. The average Bonchev–Trinajstić information content (AvgIpc) is 2.99. The molecule has 0 bridgehead atoms. The smallest absolute Gasteiger partial charge is 0.0535 e. The maximum Gasteiger partial charge on any atom is 0.0535 e. The van der Waals surface area contributed by atoms with Crippen LogP contribution in [0.5, 0.6) is 0 Å². The summed E-state index contributed by atoms with van der Waals surface area (Å²) in [6.07, 6.45) is 2.53. The quantitative estimate of drug-likeness (QED) is 0.831. The zero-order valence-corrected chi connectivity index (χ0v) is 9.68. The van der Waals surface area contributed by atoms with Gasteiger partial charge in [-0.25, -0.2) is 0 Å². The topological polar surface area (TPSA) is 21.3 Å². The zero-order valence-electron chi connectivity index (χ0n) is 8.92. The van der Waals surface area contributed by atoms with E-state index in [1.165, 1.54) is 12.8 Å². The van der Waals surface area contributed by atoms with E-state index >= 15 is 0 Å². The van der Waals surface area contributed by atoms with Crippen molar-refractivity contribution in [1.82, 2.24) is 0 Å². The monoisotopic (exact) mass is 225 g/mol. The van der Waals surface area contributed by atoms with Crippen LogP contribution in [-0.2, 0) is 4.74 Å². The molecule has 0 unspecified atom stereocenters. The van der Waals surface area contributed by atoms with Crippen molar-refractivity contribution in [3.8, 4) is 0 Å². The second-order valence-electron chi connectivity index (χ2n) is 4.29. The van der Waals surface area contributed by atoms with Gasteiger partial charge in [-0.3, -0.25) is 0 Å². The summed E-state index contributed by atoms with van der Waals surface area (Å²) in [6, 6.07) is 7.82. The van der Waals surface area contributed by atoms with Gasteiger partial charge >= 0.3 is 0 Å². The van der Waals surface area contributed by atoms with Gasteiger partial charge in [0.2, 0.25) is 0 Å². The van der Waals surface area contributed by atoms with Crippen LogP contribution in [0.25, 0.3) is 0 Å². The van der Waals surface area contributed by atoms with E-state index in [0.29, 0.717) is 5.41 Å². The molecule has 0 atom stereocenters. The number of rotatable bonds is 5. The Balaban J connectivity index is 1.85. The lowest BCUT2D eigenvalue weighted by Gasteiger charge is -2.15. The van der Waals surface area contributed by atoms with Crippen molar-refractivity contribution in [2.75, 3.05) is 25.6 Å². The van der Waals surface area contributed by atoms with Gasteiger partial charge in [0.1, 0.15) is 0 Å². The van der Waals surface area contributed by atoms with Crippen LogP contribution in [0.15, 0.2) is 24.3 Å². The van der Waals surface area contributed by atoms with Gasteiger partial charge in [-0.1, -0.05) is 11.6 Å². The fourth-order valence-electron chi connectivity index (χ4n) is 1.71. The highest BCUT2D eigenvalue weighted by Crippen LogP contribution is 2.45. The first-order valence-corrected chi connectivity index (χ1v) is 5.60. The highest BCUT2D eigenvalue weighted by Gasteiger charge is 2.42. The molecule has 0 aliphatic heterocycles. The second kappa shape index (κ2) is 4.42. The standard InChI is InChI=1S/C12H16ClNO/c1-15-9-12(6-7-12)8-14-11-4-2-10(13)3-5-11/h2-5,14H,6-9H2,1H3. The minimum absolute atomic E-state index is 0.383. The third kappa shape index (κ3) is 2.86. The third-order valence-electron chi connectivity index (χ3n) is 2.92. The molecule has 2 nitrogen and oxygen atoms in total. The van der Waals surface area contributed by atoms with Gasteiger partial charge in [0.25, 0.3) is 0 Å². The van der Waals surface area contributed by atoms with Crippen molar-refractivity contribution in [3.05, 3.63) is 29.3 Å².